The molecule has 0 fully saturated rings. The summed E-state index contributed by atoms with van der Waals surface area (Å²) in [6.45, 7) is 7.52. The van der Waals surface area contributed by atoms with Crippen LogP contribution in [0.2, 0.25) is 0 Å². The number of fused-ring (bicyclic) bond motifs is 3. The largest absolute Gasteiger partial charge is 0.355 e. The lowest BCUT2D eigenvalue weighted by Gasteiger charge is -2.17. The van der Waals surface area contributed by atoms with Crippen LogP contribution in [0.15, 0.2) is 48.7 Å². The van der Waals surface area contributed by atoms with Crippen molar-refractivity contribution < 1.29 is 9.59 Å². The molecule has 0 bridgehead atoms. The molecule has 0 aliphatic rings. The number of amides is 1. The number of benzene rings is 2. The van der Waals surface area contributed by atoms with E-state index in [0.29, 0.717) is 12.0 Å². The standard InChI is InChI=1S/C26H30N4O2S/c1-4-29(5-2)15-7-6-8-23(31)20-13-14-22-24(16-20)33-26-28-21(17-30(22)26)18-9-11-19(12-10-18)25(32)27-3/h9-14,16-17H,4-8,15H2,1-3H3,(H,27,32). The van der Waals surface area contributed by atoms with Gasteiger partial charge in [0.15, 0.2) is 10.7 Å². The summed E-state index contributed by atoms with van der Waals surface area (Å²) in [6.07, 6.45) is 4.57. The normalized spacial score (nSPS) is 11.5. The van der Waals surface area contributed by atoms with Crippen LogP contribution in [-0.2, 0) is 0 Å². The maximum absolute atomic E-state index is 12.7. The second-order valence-corrected chi connectivity index (χ2v) is 9.14. The fourth-order valence-electron chi connectivity index (χ4n) is 4.06. The highest BCUT2D eigenvalue weighted by Gasteiger charge is 2.14. The molecular weight excluding hydrogens is 432 g/mol. The van der Waals surface area contributed by atoms with Crippen molar-refractivity contribution in [1.29, 1.82) is 0 Å². The molecule has 2 aromatic heterocycles. The molecule has 172 valence electrons. The first-order valence-corrected chi connectivity index (χ1v) is 12.4. The molecule has 1 N–H and O–H groups in total. The molecule has 2 aromatic carbocycles. The SMILES string of the molecule is CCN(CC)CCCCC(=O)c1ccc2c(c1)sc1nc(-c3ccc(C(=O)NC)cc3)cn12. The zero-order chi connectivity index (χ0) is 23.4. The zero-order valence-electron chi connectivity index (χ0n) is 19.4. The Labute approximate surface area is 198 Å². The van der Waals surface area contributed by atoms with E-state index in [1.165, 1.54) is 0 Å². The van der Waals surface area contributed by atoms with Crippen molar-refractivity contribution in [3.8, 4) is 11.3 Å². The van der Waals surface area contributed by atoms with Gasteiger partial charge < -0.3 is 10.2 Å². The van der Waals surface area contributed by atoms with E-state index >= 15 is 0 Å². The lowest BCUT2D eigenvalue weighted by Crippen LogP contribution is -2.24. The third-order valence-corrected chi connectivity index (χ3v) is 7.13. The average molecular weight is 463 g/mol. The van der Waals surface area contributed by atoms with Gasteiger partial charge in [-0.05, 0) is 62.8 Å². The zero-order valence-corrected chi connectivity index (χ0v) is 20.2. The summed E-state index contributed by atoms with van der Waals surface area (Å²) in [7, 11) is 1.62. The molecule has 1 amide bonds. The average Bonchev–Trinajstić information content (AvgIpc) is 3.41. The van der Waals surface area contributed by atoms with Gasteiger partial charge in [-0.1, -0.05) is 37.3 Å². The Morgan fingerprint density at radius 2 is 1.76 bits per heavy atom. The Kier molecular flexibility index (Phi) is 7.20. The van der Waals surface area contributed by atoms with Crippen LogP contribution in [0.5, 0.6) is 0 Å². The number of imidazole rings is 1. The highest BCUT2D eigenvalue weighted by molar-refractivity contribution is 7.23. The van der Waals surface area contributed by atoms with E-state index in [2.05, 4.69) is 28.5 Å². The molecule has 2 heterocycles. The number of hydrogen-bond donors (Lipinski definition) is 1. The Balaban J connectivity index is 1.47. The monoisotopic (exact) mass is 462 g/mol. The minimum atomic E-state index is -0.104. The molecule has 0 saturated heterocycles. The van der Waals surface area contributed by atoms with Crippen molar-refractivity contribution in [2.45, 2.75) is 33.1 Å². The van der Waals surface area contributed by atoms with E-state index in [1.54, 1.807) is 30.5 Å². The first-order chi connectivity index (χ1) is 16.0. The second kappa shape index (κ2) is 10.3. The van der Waals surface area contributed by atoms with Gasteiger partial charge in [0, 0.05) is 36.4 Å². The summed E-state index contributed by atoms with van der Waals surface area (Å²) >= 11 is 1.59. The first-order valence-electron chi connectivity index (χ1n) is 11.5. The number of carbonyl (C=O) groups is 2. The van der Waals surface area contributed by atoms with Crippen molar-refractivity contribution in [2.75, 3.05) is 26.7 Å². The maximum Gasteiger partial charge on any atom is 0.251 e. The van der Waals surface area contributed by atoms with Crippen LogP contribution < -0.4 is 5.32 Å². The predicted octanol–water partition coefficient (Wildman–Crippen LogP) is 5.27. The molecule has 0 atom stereocenters. The van der Waals surface area contributed by atoms with Crippen LogP contribution in [0.1, 0.15) is 53.8 Å². The fraction of sp³-hybridized carbons (Fsp3) is 0.346. The minimum Gasteiger partial charge on any atom is -0.355 e. The summed E-state index contributed by atoms with van der Waals surface area (Å²) in [6, 6.07) is 13.4. The number of Topliss-reactive ketones (excluding diaryl/α,β-unsaturated/α-hetero) is 1. The van der Waals surface area contributed by atoms with E-state index in [9.17, 15) is 9.59 Å². The molecule has 4 aromatic rings. The quantitative estimate of drug-likeness (QED) is 0.258. The van der Waals surface area contributed by atoms with Crippen LogP contribution in [0.4, 0.5) is 0 Å². The Morgan fingerprint density at radius 3 is 2.45 bits per heavy atom. The van der Waals surface area contributed by atoms with Gasteiger partial charge in [-0.3, -0.25) is 14.0 Å². The Morgan fingerprint density at radius 1 is 1.03 bits per heavy atom. The van der Waals surface area contributed by atoms with Crippen molar-refractivity contribution in [2.24, 2.45) is 0 Å². The predicted molar refractivity (Wildman–Crippen MR) is 135 cm³/mol. The number of thiazole rings is 1. The maximum atomic E-state index is 12.7. The number of nitrogens with zero attached hydrogens (tertiary/aromatic N) is 3. The van der Waals surface area contributed by atoms with Crippen LogP contribution in [0, 0.1) is 0 Å². The molecule has 0 aliphatic carbocycles. The van der Waals surface area contributed by atoms with Crippen molar-refractivity contribution in [3.05, 3.63) is 59.8 Å². The van der Waals surface area contributed by atoms with E-state index in [4.69, 9.17) is 4.98 Å². The molecule has 33 heavy (non-hydrogen) atoms. The van der Waals surface area contributed by atoms with Gasteiger partial charge in [0.2, 0.25) is 0 Å². The van der Waals surface area contributed by atoms with Gasteiger partial charge in [-0.25, -0.2) is 4.98 Å². The third-order valence-electron chi connectivity index (χ3n) is 6.11. The highest BCUT2D eigenvalue weighted by atomic mass is 32.1. The first kappa shape index (κ1) is 23.1. The van der Waals surface area contributed by atoms with E-state index in [0.717, 1.165) is 64.5 Å². The summed E-state index contributed by atoms with van der Waals surface area (Å²) in [5, 5.41) is 2.63. The number of rotatable bonds is 10. The van der Waals surface area contributed by atoms with Crippen LogP contribution >= 0.6 is 11.3 Å². The number of carbonyl (C=O) groups excluding carboxylic acids is 2. The van der Waals surface area contributed by atoms with Gasteiger partial charge in [0.05, 0.1) is 15.9 Å². The van der Waals surface area contributed by atoms with Crippen LogP contribution in [0.3, 0.4) is 0 Å². The molecule has 0 saturated carbocycles. The van der Waals surface area contributed by atoms with Crippen molar-refractivity contribution >= 4 is 38.2 Å². The van der Waals surface area contributed by atoms with Gasteiger partial charge in [0.25, 0.3) is 5.91 Å². The minimum absolute atomic E-state index is 0.104. The molecule has 0 unspecified atom stereocenters. The summed E-state index contributed by atoms with van der Waals surface area (Å²) in [4.78, 5) is 32.5. The number of aromatic nitrogens is 2. The second-order valence-electron chi connectivity index (χ2n) is 8.13. The van der Waals surface area contributed by atoms with E-state index < -0.39 is 0 Å². The fourth-order valence-corrected chi connectivity index (χ4v) is 5.10. The third kappa shape index (κ3) is 4.99. The molecule has 7 heteroatoms. The van der Waals surface area contributed by atoms with Crippen molar-refractivity contribution in [1.82, 2.24) is 19.6 Å². The lowest BCUT2D eigenvalue weighted by molar-refractivity contribution is 0.0959. The number of nitrogens with one attached hydrogen (secondary N) is 1. The van der Waals surface area contributed by atoms with Crippen molar-refractivity contribution in [3.63, 3.8) is 0 Å². The van der Waals surface area contributed by atoms with Crippen LogP contribution in [0.25, 0.3) is 26.4 Å². The van der Waals surface area contributed by atoms with E-state index in [-0.39, 0.29) is 11.7 Å². The van der Waals surface area contributed by atoms with Gasteiger partial charge in [-0.2, -0.15) is 0 Å². The van der Waals surface area contributed by atoms with Gasteiger partial charge in [0.1, 0.15) is 0 Å². The van der Waals surface area contributed by atoms with Gasteiger partial charge >= 0.3 is 0 Å². The Hall–Kier alpha value is -3.03. The molecular formula is C26H30N4O2S. The topological polar surface area (TPSA) is 66.7 Å². The number of unbranched alkanes of at least 4 members (excludes halogenated alkanes) is 1. The number of hydrogen-bond acceptors (Lipinski definition) is 5. The summed E-state index contributed by atoms with van der Waals surface area (Å²) in [5.41, 5.74) is 4.27. The summed E-state index contributed by atoms with van der Waals surface area (Å²) in [5.74, 6) is 0.104. The van der Waals surface area contributed by atoms with E-state index in [1.807, 2.05) is 36.5 Å². The smallest absolute Gasteiger partial charge is 0.251 e. The lowest BCUT2D eigenvalue weighted by atomic mass is 10.1. The van der Waals surface area contributed by atoms with Crippen LogP contribution in [-0.4, -0.2) is 52.7 Å². The molecule has 0 spiro atoms. The highest BCUT2D eigenvalue weighted by Crippen LogP contribution is 2.30. The molecule has 0 aliphatic heterocycles. The number of ketones is 1. The summed E-state index contributed by atoms with van der Waals surface area (Å²) < 4.78 is 3.13. The molecule has 6 nitrogen and oxygen atoms in total. The Bertz CT molecular complexity index is 1270. The molecule has 0 radical (unpaired) electrons. The van der Waals surface area contributed by atoms with Gasteiger partial charge in [-0.15, -0.1) is 0 Å². The molecule has 4 rings (SSSR count).